The molecule has 0 saturated heterocycles. The van der Waals surface area contributed by atoms with Gasteiger partial charge in [-0.25, -0.2) is 4.98 Å². The molecule has 0 spiro atoms. The van der Waals surface area contributed by atoms with Gasteiger partial charge in [0.1, 0.15) is 5.65 Å². The summed E-state index contributed by atoms with van der Waals surface area (Å²) in [5.74, 6) is 0.0130. The molecule has 2 heterocycles. The Morgan fingerprint density at radius 3 is 2.58 bits per heavy atom. The SMILES string of the molecule is CC(=O)c1ccn2c(C)c(-c3c(C)cccc3/C(C=N)=C(\C)N)nc2c1. The van der Waals surface area contributed by atoms with Crippen molar-refractivity contribution in [2.75, 3.05) is 0 Å². The zero-order chi connectivity index (χ0) is 19.0. The Hall–Kier alpha value is -3.21. The smallest absolute Gasteiger partial charge is 0.159 e. The van der Waals surface area contributed by atoms with Crippen molar-refractivity contribution in [1.82, 2.24) is 9.38 Å². The highest BCUT2D eigenvalue weighted by molar-refractivity contribution is 6.12. The van der Waals surface area contributed by atoms with Gasteiger partial charge in [-0.3, -0.25) is 4.79 Å². The molecule has 0 radical (unpaired) electrons. The lowest BCUT2D eigenvalue weighted by molar-refractivity contribution is 0.101. The van der Waals surface area contributed by atoms with E-state index in [0.717, 1.165) is 33.7 Å². The molecule has 3 rings (SSSR count). The quantitative estimate of drug-likeness (QED) is 0.549. The second-order valence-electron chi connectivity index (χ2n) is 6.48. The Bertz CT molecular complexity index is 1070. The topological polar surface area (TPSA) is 84.2 Å². The largest absolute Gasteiger partial charge is 0.402 e. The van der Waals surface area contributed by atoms with Crippen LogP contribution in [-0.2, 0) is 0 Å². The number of carbonyl (C=O) groups excluding carboxylic acids is 1. The van der Waals surface area contributed by atoms with Crippen molar-refractivity contribution in [1.29, 1.82) is 5.41 Å². The number of imidazole rings is 1. The minimum Gasteiger partial charge on any atom is -0.402 e. The van der Waals surface area contributed by atoms with Gasteiger partial charge >= 0.3 is 0 Å². The molecule has 1 aromatic carbocycles. The number of aryl methyl sites for hydroxylation is 2. The van der Waals surface area contributed by atoms with Gasteiger partial charge in [0, 0.05) is 40.5 Å². The fraction of sp³-hybridized carbons (Fsp3) is 0.190. The van der Waals surface area contributed by atoms with Crippen LogP contribution < -0.4 is 5.73 Å². The highest BCUT2D eigenvalue weighted by atomic mass is 16.1. The van der Waals surface area contributed by atoms with E-state index in [1.165, 1.54) is 6.21 Å². The summed E-state index contributed by atoms with van der Waals surface area (Å²) in [4.78, 5) is 16.5. The number of nitrogens with zero attached hydrogens (tertiary/aromatic N) is 2. The number of rotatable bonds is 4. The van der Waals surface area contributed by atoms with Crippen LogP contribution in [0.2, 0.25) is 0 Å². The minimum absolute atomic E-state index is 0.0130. The van der Waals surface area contributed by atoms with Crippen LogP contribution in [0.25, 0.3) is 22.5 Å². The number of hydrogen-bond donors (Lipinski definition) is 2. The lowest BCUT2D eigenvalue weighted by Gasteiger charge is -2.13. The third-order valence-corrected chi connectivity index (χ3v) is 4.64. The summed E-state index contributed by atoms with van der Waals surface area (Å²) in [5, 5.41) is 7.77. The molecule has 26 heavy (non-hydrogen) atoms. The third kappa shape index (κ3) is 2.81. The van der Waals surface area contributed by atoms with Crippen LogP contribution in [0.15, 0.2) is 42.2 Å². The average molecular weight is 346 g/mol. The van der Waals surface area contributed by atoms with Crippen molar-refractivity contribution >= 4 is 23.2 Å². The van der Waals surface area contributed by atoms with Gasteiger partial charge in [-0.1, -0.05) is 18.2 Å². The van der Waals surface area contributed by atoms with Crippen LogP contribution in [0.4, 0.5) is 0 Å². The summed E-state index contributed by atoms with van der Waals surface area (Å²) >= 11 is 0. The molecule has 0 amide bonds. The van der Waals surface area contributed by atoms with Crippen LogP contribution in [-0.4, -0.2) is 21.4 Å². The highest BCUT2D eigenvalue weighted by Crippen LogP contribution is 2.34. The van der Waals surface area contributed by atoms with Gasteiger partial charge in [0.05, 0.1) is 5.69 Å². The molecule has 0 aliphatic rings. The Balaban J connectivity index is 2.34. The molecule has 0 aliphatic carbocycles. The Morgan fingerprint density at radius 1 is 1.23 bits per heavy atom. The van der Waals surface area contributed by atoms with Crippen molar-refractivity contribution in [2.24, 2.45) is 5.73 Å². The van der Waals surface area contributed by atoms with E-state index in [4.69, 9.17) is 16.1 Å². The number of Topliss-reactive ketones (excluding diaryl/α,β-unsaturated/α-hetero) is 1. The maximum atomic E-state index is 11.7. The molecule has 132 valence electrons. The van der Waals surface area contributed by atoms with E-state index >= 15 is 0 Å². The van der Waals surface area contributed by atoms with Crippen LogP contribution in [0.5, 0.6) is 0 Å². The summed E-state index contributed by atoms with van der Waals surface area (Å²) in [5.41, 5.74) is 13.4. The summed E-state index contributed by atoms with van der Waals surface area (Å²) in [7, 11) is 0. The number of hydrogen-bond acceptors (Lipinski definition) is 4. The molecule has 0 unspecified atom stereocenters. The van der Waals surface area contributed by atoms with Crippen molar-refractivity contribution in [3.63, 3.8) is 0 Å². The second-order valence-corrected chi connectivity index (χ2v) is 6.48. The Labute approximate surface area is 152 Å². The molecule has 5 heteroatoms. The lowest BCUT2D eigenvalue weighted by Crippen LogP contribution is -2.02. The number of pyridine rings is 1. The molecule has 0 atom stereocenters. The number of ketones is 1. The number of carbonyl (C=O) groups is 1. The van der Waals surface area contributed by atoms with Crippen LogP contribution in [0.1, 0.15) is 41.0 Å². The van der Waals surface area contributed by atoms with Gasteiger partial charge in [0.15, 0.2) is 5.78 Å². The highest BCUT2D eigenvalue weighted by Gasteiger charge is 2.18. The van der Waals surface area contributed by atoms with Crippen molar-refractivity contribution in [2.45, 2.75) is 27.7 Å². The van der Waals surface area contributed by atoms with Gasteiger partial charge < -0.3 is 15.5 Å². The first kappa shape index (κ1) is 17.6. The van der Waals surface area contributed by atoms with Gasteiger partial charge in [-0.2, -0.15) is 0 Å². The van der Waals surface area contributed by atoms with Crippen molar-refractivity contribution < 1.29 is 4.79 Å². The summed E-state index contributed by atoms with van der Waals surface area (Å²) in [6.45, 7) is 7.37. The summed E-state index contributed by atoms with van der Waals surface area (Å²) < 4.78 is 1.97. The molecule has 3 N–H and O–H groups in total. The normalized spacial score (nSPS) is 12.2. The molecule has 3 aromatic rings. The van der Waals surface area contributed by atoms with Gasteiger partial charge in [0.2, 0.25) is 0 Å². The van der Waals surface area contributed by atoms with E-state index in [9.17, 15) is 4.79 Å². The third-order valence-electron chi connectivity index (χ3n) is 4.64. The Morgan fingerprint density at radius 2 is 1.96 bits per heavy atom. The number of nitrogens with two attached hydrogens (primary N) is 1. The van der Waals surface area contributed by atoms with E-state index in [2.05, 4.69) is 0 Å². The van der Waals surface area contributed by atoms with E-state index in [0.29, 0.717) is 16.8 Å². The standard InChI is InChI=1S/C21H22N4O/c1-12-6-5-7-17(18(11-22)13(2)23)20(12)21-14(3)25-9-8-16(15(4)26)10-19(25)24-21/h5-11,22H,23H2,1-4H3/b18-13+,22-11?. The summed E-state index contributed by atoms with van der Waals surface area (Å²) in [6.07, 6.45) is 3.16. The monoisotopic (exact) mass is 346 g/mol. The van der Waals surface area contributed by atoms with Gasteiger partial charge in [-0.05, 0) is 51.0 Å². The molecular formula is C21H22N4O. The summed E-state index contributed by atoms with van der Waals surface area (Å²) in [6, 6.07) is 9.55. The average Bonchev–Trinajstić information content (AvgIpc) is 2.91. The van der Waals surface area contributed by atoms with Crippen molar-refractivity contribution in [3.8, 4) is 11.3 Å². The minimum atomic E-state index is 0.0130. The molecule has 0 saturated carbocycles. The van der Waals surface area contributed by atoms with Crippen LogP contribution >= 0.6 is 0 Å². The number of allylic oxidation sites excluding steroid dienone is 2. The van der Waals surface area contributed by atoms with Gasteiger partial charge in [-0.15, -0.1) is 0 Å². The first-order valence-corrected chi connectivity index (χ1v) is 8.42. The van der Waals surface area contributed by atoms with Crippen molar-refractivity contribution in [3.05, 3.63) is 64.6 Å². The van der Waals surface area contributed by atoms with E-state index < -0.39 is 0 Å². The molecular weight excluding hydrogens is 324 g/mol. The molecule has 5 nitrogen and oxygen atoms in total. The zero-order valence-corrected chi connectivity index (χ0v) is 15.4. The first-order valence-electron chi connectivity index (χ1n) is 8.42. The molecule has 0 aliphatic heterocycles. The molecule has 0 fully saturated rings. The number of aromatic nitrogens is 2. The Kier molecular flexibility index (Phi) is 4.47. The fourth-order valence-corrected chi connectivity index (χ4v) is 3.23. The van der Waals surface area contributed by atoms with E-state index in [1.807, 2.05) is 42.6 Å². The number of fused-ring (bicyclic) bond motifs is 1. The van der Waals surface area contributed by atoms with Crippen LogP contribution in [0.3, 0.4) is 0 Å². The second kappa shape index (κ2) is 6.59. The number of nitrogens with one attached hydrogen (secondary N) is 1. The van der Waals surface area contributed by atoms with E-state index in [-0.39, 0.29) is 5.78 Å². The number of benzene rings is 1. The van der Waals surface area contributed by atoms with E-state index in [1.54, 1.807) is 26.0 Å². The maximum absolute atomic E-state index is 11.7. The lowest BCUT2D eigenvalue weighted by atomic mass is 9.92. The first-order chi connectivity index (χ1) is 12.3. The predicted molar refractivity (Wildman–Crippen MR) is 106 cm³/mol. The fourth-order valence-electron chi connectivity index (χ4n) is 3.23. The van der Waals surface area contributed by atoms with Gasteiger partial charge in [0.25, 0.3) is 0 Å². The maximum Gasteiger partial charge on any atom is 0.159 e. The molecule has 0 bridgehead atoms. The predicted octanol–water partition coefficient (Wildman–Crippen LogP) is 4.16. The van der Waals surface area contributed by atoms with Crippen LogP contribution in [0, 0.1) is 19.3 Å². The molecule has 2 aromatic heterocycles. The zero-order valence-electron chi connectivity index (χ0n) is 15.4.